The topological polar surface area (TPSA) is 72.9 Å². The summed E-state index contributed by atoms with van der Waals surface area (Å²) in [5.41, 5.74) is 6.88. The van der Waals surface area contributed by atoms with E-state index in [4.69, 9.17) is 5.73 Å². The van der Waals surface area contributed by atoms with Crippen molar-refractivity contribution in [3.8, 4) is 0 Å². The van der Waals surface area contributed by atoms with Crippen LogP contribution < -0.4 is 11.1 Å². The molecule has 0 saturated carbocycles. The van der Waals surface area contributed by atoms with E-state index in [0.717, 1.165) is 12.1 Å². The van der Waals surface area contributed by atoms with Crippen molar-refractivity contribution in [3.63, 3.8) is 0 Å². The summed E-state index contributed by atoms with van der Waals surface area (Å²) >= 11 is 0. The van der Waals surface area contributed by atoms with Gasteiger partial charge >= 0.3 is 0 Å². The molecule has 5 heteroatoms. The highest BCUT2D eigenvalue weighted by atomic mass is 16.2. The quantitative estimate of drug-likeness (QED) is 0.870. The molecule has 1 aromatic rings. The summed E-state index contributed by atoms with van der Waals surface area (Å²) in [4.78, 5) is 16.4. The molecule has 1 rings (SSSR count). The van der Waals surface area contributed by atoms with Gasteiger partial charge < -0.3 is 15.6 Å². The number of hydrogen-bond donors (Lipinski definition) is 2. The number of hydrogen-bond acceptors (Lipinski definition) is 3. The second-order valence-corrected chi connectivity index (χ2v) is 6.88. The molecule has 20 heavy (non-hydrogen) atoms. The molecule has 114 valence electrons. The van der Waals surface area contributed by atoms with E-state index in [9.17, 15) is 4.79 Å². The average molecular weight is 280 g/mol. The zero-order valence-corrected chi connectivity index (χ0v) is 13.5. The monoisotopic (exact) mass is 280 g/mol. The summed E-state index contributed by atoms with van der Waals surface area (Å²) in [6.07, 6.45) is 4.32. The molecule has 0 saturated heterocycles. The van der Waals surface area contributed by atoms with Gasteiger partial charge in [-0.2, -0.15) is 0 Å². The Bertz CT molecular complexity index is 445. The molecule has 0 fully saturated rings. The van der Waals surface area contributed by atoms with Gasteiger partial charge in [0.1, 0.15) is 6.04 Å². The van der Waals surface area contributed by atoms with Crippen molar-refractivity contribution in [2.75, 3.05) is 0 Å². The van der Waals surface area contributed by atoms with Crippen LogP contribution in [-0.4, -0.2) is 21.0 Å². The van der Waals surface area contributed by atoms with E-state index in [1.165, 1.54) is 0 Å². The minimum atomic E-state index is -0.315. The summed E-state index contributed by atoms with van der Waals surface area (Å²) in [5, 5.41) is 2.99. The Labute approximate surface area is 122 Å². The highest BCUT2D eigenvalue weighted by molar-refractivity contribution is 5.80. The molecule has 0 spiro atoms. The highest BCUT2D eigenvalue weighted by Gasteiger charge is 2.23. The van der Waals surface area contributed by atoms with Gasteiger partial charge in [0.25, 0.3) is 0 Å². The third-order valence-electron chi connectivity index (χ3n) is 3.10. The Morgan fingerprint density at radius 1 is 1.40 bits per heavy atom. The summed E-state index contributed by atoms with van der Waals surface area (Å²) in [6, 6.07) is -0.410. The standard InChI is InChI=1S/C15H28N4O/c1-10(2)7-12(16)13-8-17-9-19(13)11(3)14(20)18-15(4,5)6/h8-12H,7,16H2,1-6H3,(H,18,20). The lowest BCUT2D eigenvalue weighted by Crippen LogP contribution is -2.44. The zero-order chi connectivity index (χ0) is 15.5. The lowest BCUT2D eigenvalue weighted by atomic mass is 10.0. The lowest BCUT2D eigenvalue weighted by molar-refractivity contribution is -0.125. The average Bonchev–Trinajstić information content (AvgIpc) is 2.73. The molecule has 1 heterocycles. The van der Waals surface area contributed by atoms with Gasteiger partial charge in [-0.3, -0.25) is 4.79 Å². The Hall–Kier alpha value is -1.36. The van der Waals surface area contributed by atoms with Crippen molar-refractivity contribution in [2.45, 2.75) is 65.6 Å². The van der Waals surface area contributed by atoms with E-state index in [1.54, 1.807) is 12.5 Å². The van der Waals surface area contributed by atoms with Gasteiger partial charge in [-0.05, 0) is 40.0 Å². The van der Waals surface area contributed by atoms with Crippen molar-refractivity contribution >= 4 is 5.91 Å². The highest BCUT2D eigenvalue weighted by Crippen LogP contribution is 2.21. The van der Waals surface area contributed by atoms with Crippen molar-refractivity contribution in [2.24, 2.45) is 11.7 Å². The second kappa shape index (κ2) is 6.39. The zero-order valence-electron chi connectivity index (χ0n) is 13.5. The maximum absolute atomic E-state index is 12.3. The molecule has 2 unspecified atom stereocenters. The van der Waals surface area contributed by atoms with Crippen LogP contribution >= 0.6 is 0 Å². The van der Waals surface area contributed by atoms with E-state index in [-0.39, 0.29) is 23.5 Å². The number of carbonyl (C=O) groups excluding carboxylic acids is 1. The summed E-state index contributed by atoms with van der Waals surface area (Å²) < 4.78 is 1.87. The Balaban J connectivity index is 2.87. The number of nitrogens with one attached hydrogen (secondary N) is 1. The molecule has 0 aliphatic rings. The van der Waals surface area contributed by atoms with E-state index in [2.05, 4.69) is 24.1 Å². The first-order valence-corrected chi connectivity index (χ1v) is 7.21. The van der Waals surface area contributed by atoms with Crippen molar-refractivity contribution in [1.29, 1.82) is 0 Å². The fourth-order valence-corrected chi connectivity index (χ4v) is 2.15. The largest absolute Gasteiger partial charge is 0.350 e. The molecule has 0 bridgehead atoms. The van der Waals surface area contributed by atoms with Crippen LogP contribution in [0.2, 0.25) is 0 Å². The van der Waals surface area contributed by atoms with Gasteiger partial charge in [0.15, 0.2) is 0 Å². The van der Waals surface area contributed by atoms with Crippen LogP contribution in [0.4, 0.5) is 0 Å². The van der Waals surface area contributed by atoms with E-state index < -0.39 is 0 Å². The molecule has 3 N–H and O–H groups in total. The molecular weight excluding hydrogens is 252 g/mol. The predicted molar refractivity (Wildman–Crippen MR) is 81.2 cm³/mol. The summed E-state index contributed by atoms with van der Waals surface area (Å²) in [7, 11) is 0. The third-order valence-corrected chi connectivity index (χ3v) is 3.10. The van der Waals surface area contributed by atoms with Gasteiger partial charge in [0, 0.05) is 17.8 Å². The summed E-state index contributed by atoms with van der Waals surface area (Å²) in [6.45, 7) is 12.0. The van der Waals surface area contributed by atoms with Gasteiger partial charge in [-0.25, -0.2) is 4.98 Å². The maximum atomic E-state index is 12.3. The van der Waals surface area contributed by atoms with E-state index in [1.807, 2.05) is 32.3 Å². The van der Waals surface area contributed by atoms with E-state index >= 15 is 0 Å². The molecule has 0 radical (unpaired) electrons. The van der Waals surface area contributed by atoms with Crippen LogP contribution in [-0.2, 0) is 4.79 Å². The first-order valence-electron chi connectivity index (χ1n) is 7.21. The fraction of sp³-hybridized carbons (Fsp3) is 0.733. The number of carbonyl (C=O) groups is 1. The second-order valence-electron chi connectivity index (χ2n) is 6.88. The normalized spacial score (nSPS) is 15.2. The van der Waals surface area contributed by atoms with Crippen LogP contribution in [0.15, 0.2) is 12.5 Å². The predicted octanol–water partition coefficient (Wildman–Crippen LogP) is 2.40. The first-order chi connectivity index (χ1) is 9.11. The molecule has 1 amide bonds. The van der Waals surface area contributed by atoms with Crippen molar-refractivity contribution < 1.29 is 4.79 Å². The Kier molecular flexibility index (Phi) is 5.34. The number of aromatic nitrogens is 2. The maximum Gasteiger partial charge on any atom is 0.243 e. The number of nitrogens with zero attached hydrogens (tertiary/aromatic N) is 2. The minimum Gasteiger partial charge on any atom is -0.350 e. The SMILES string of the molecule is CC(C)CC(N)c1cncn1C(C)C(=O)NC(C)(C)C. The lowest BCUT2D eigenvalue weighted by Gasteiger charge is -2.25. The smallest absolute Gasteiger partial charge is 0.243 e. The minimum absolute atomic E-state index is 0.0199. The Morgan fingerprint density at radius 3 is 2.50 bits per heavy atom. The van der Waals surface area contributed by atoms with Crippen LogP contribution in [0.25, 0.3) is 0 Å². The number of nitrogens with two attached hydrogens (primary N) is 1. The van der Waals surface area contributed by atoms with Crippen molar-refractivity contribution in [1.82, 2.24) is 14.9 Å². The molecule has 1 aromatic heterocycles. The summed E-state index contributed by atoms with van der Waals surface area (Å²) in [5.74, 6) is 0.487. The third kappa shape index (κ3) is 4.63. The van der Waals surface area contributed by atoms with Crippen LogP contribution in [0, 0.1) is 5.92 Å². The van der Waals surface area contributed by atoms with Crippen LogP contribution in [0.1, 0.15) is 65.7 Å². The molecule has 5 nitrogen and oxygen atoms in total. The van der Waals surface area contributed by atoms with Gasteiger partial charge in [0.2, 0.25) is 5.91 Å². The fourth-order valence-electron chi connectivity index (χ4n) is 2.15. The van der Waals surface area contributed by atoms with Gasteiger partial charge in [-0.15, -0.1) is 0 Å². The molecule has 2 atom stereocenters. The number of rotatable bonds is 5. The Morgan fingerprint density at radius 2 is 2.00 bits per heavy atom. The van der Waals surface area contributed by atoms with Gasteiger partial charge in [-0.1, -0.05) is 13.8 Å². The molecular formula is C15H28N4O. The van der Waals surface area contributed by atoms with E-state index in [0.29, 0.717) is 5.92 Å². The molecule has 0 aromatic carbocycles. The number of amides is 1. The van der Waals surface area contributed by atoms with Crippen LogP contribution in [0.5, 0.6) is 0 Å². The van der Waals surface area contributed by atoms with Crippen molar-refractivity contribution in [3.05, 3.63) is 18.2 Å². The van der Waals surface area contributed by atoms with Gasteiger partial charge in [0.05, 0.1) is 12.0 Å². The van der Waals surface area contributed by atoms with Crippen LogP contribution in [0.3, 0.4) is 0 Å². The molecule has 0 aliphatic heterocycles. The first kappa shape index (κ1) is 16.7. The molecule has 0 aliphatic carbocycles. The number of imidazole rings is 1.